The molecule has 4 unspecified atom stereocenters. The van der Waals surface area contributed by atoms with E-state index in [2.05, 4.69) is 30.9 Å². The van der Waals surface area contributed by atoms with Gasteiger partial charge in [0.05, 0.1) is 25.4 Å². The smallest absolute Gasteiger partial charge is 0.326 e. The number of hydrogen-bond acceptors (Lipinski definition) is 8. The molecular weight excluding hydrogens is 514 g/mol. The number of carboxylic acids is 2. The summed E-state index contributed by atoms with van der Waals surface area (Å²) in [5.74, 6) is -5.77. The monoisotopic (exact) mass is 543 g/mol. The van der Waals surface area contributed by atoms with Crippen LogP contribution < -0.4 is 21.7 Å². The lowest BCUT2D eigenvalue weighted by Gasteiger charge is -2.23. The Bertz CT molecular complexity index is 1320. The number of nitrogens with one attached hydrogen (secondary N) is 5. The van der Waals surface area contributed by atoms with Gasteiger partial charge in [-0.1, -0.05) is 18.2 Å². The Morgan fingerprint density at radius 1 is 0.897 bits per heavy atom. The molecular formula is C24H29N7O8. The summed E-state index contributed by atoms with van der Waals surface area (Å²) in [6.07, 6.45) is 3.43. The number of fused-ring (bicyclic) bond motifs is 1. The molecule has 3 rings (SSSR count). The first-order valence-electron chi connectivity index (χ1n) is 11.8. The van der Waals surface area contributed by atoms with Gasteiger partial charge in [-0.2, -0.15) is 0 Å². The number of carbonyl (C=O) groups is 5. The Hall–Kier alpha value is -4.76. The highest BCUT2D eigenvalue weighted by atomic mass is 16.4. The van der Waals surface area contributed by atoms with Crippen LogP contribution in [0, 0.1) is 0 Å². The molecule has 0 radical (unpaired) electrons. The van der Waals surface area contributed by atoms with E-state index in [0.717, 1.165) is 16.5 Å². The molecule has 0 aliphatic rings. The third-order valence-electron chi connectivity index (χ3n) is 5.87. The molecule has 15 nitrogen and oxygen atoms in total. The Kier molecular flexibility index (Phi) is 9.72. The molecule has 0 spiro atoms. The molecule has 1 aromatic carbocycles. The van der Waals surface area contributed by atoms with E-state index in [1.807, 2.05) is 24.3 Å². The number of para-hydroxylation sites is 1. The number of aromatic amines is 2. The molecule has 0 saturated heterocycles. The first-order valence-corrected chi connectivity index (χ1v) is 11.8. The Morgan fingerprint density at radius 2 is 1.56 bits per heavy atom. The van der Waals surface area contributed by atoms with Crippen LogP contribution in [0.4, 0.5) is 0 Å². The summed E-state index contributed by atoms with van der Waals surface area (Å²) in [5, 5.41) is 35.8. The second-order valence-corrected chi connectivity index (χ2v) is 8.75. The fourth-order valence-corrected chi connectivity index (χ4v) is 3.85. The van der Waals surface area contributed by atoms with Gasteiger partial charge in [0.15, 0.2) is 0 Å². The topological polar surface area (TPSA) is 253 Å². The summed E-state index contributed by atoms with van der Waals surface area (Å²) in [6, 6.07) is 1.57. The zero-order chi connectivity index (χ0) is 28.5. The first kappa shape index (κ1) is 28.8. The normalized spacial score (nSPS) is 14.1. The van der Waals surface area contributed by atoms with Gasteiger partial charge in [0, 0.05) is 35.4 Å². The van der Waals surface area contributed by atoms with Gasteiger partial charge in [-0.25, -0.2) is 9.78 Å². The number of aromatic nitrogens is 3. The Morgan fingerprint density at radius 3 is 2.21 bits per heavy atom. The van der Waals surface area contributed by atoms with Crippen molar-refractivity contribution < 1.29 is 39.3 Å². The highest BCUT2D eigenvalue weighted by Gasteiger charge is 2.31. The molecule has 4 atom stereocenters. The molecule has 39 heavy (non-hydrogen) atoms. The van der Waals surface area contributed by atoms with Gasteiger partial charge in [-0.3, -0.25) is 19.2 Å². The fraction of sp³-hybridized carbons (Fsp3) is 0.333. The van der Waals surface area contributed by atoms with Crippen molar-refractivity contribution in [2.45, 2.75) is 43.4 Å². The highest BCUT2D eigenvalue weighted by molar-refractivity contribution is 5.96. The first-order chi connectivity index (χ1) is 18.6. The van der Waals surface area contributed by atoms with Crippen LogP contribution in [0.15, 0.2) is 43.0 Å². The maximum absolute atomic E-state index is 12.8. The lowest BCUT2D eigenvalue weighted by molar-refractivity contribution is -0.143. The van der Waals surface area contributed by atoms with Crippen LogP contribution in [-0.2, 0) is 36.8 Å². The number of hydrogen-bond donors (Lipinski definition) is 9. The van der Waals surface area contributed by atoms with Crippen LogP contribution in [0.5, 0.6) is 0 Å². The van der Waals surface area contributed by atoms with Crippen molar-refractivity contribution in [2.24, 2.45) is 5.73 Å². The average molecular weight is 544 g/mol. The van der Waals surface area contributed by atoms with Crippen molar-refractivity contribution in [3.05, 3.63) is 54.2 Å². The van der Waals surface area contributed by atoms with Gasteiger partial charge in [-0.15, -0.1) is 0 Å². The van der Waals surface area contributed by atoms with Gasteiger partial charge >= 0.3 is 11.9 Å². The summed E-state index contributed by atoms with van der Waals surface area (Å²) >= 11 is 0. The molecule has 2 aromatic heterocycles. The SMILES string of the molecule is NC(Cc1c[nH]c2ccccc12)C(=O)NC(CO)C(=O)NC(CC(=O)O)C(=O)NC(Cc1cnc[nH]1)C(=O)O. The summed E-state index contributed by atoms with van der Waals surface area (Å²) in [5.41, 5.74) is 8.03. The molecule has 2 heterocycles. The van der Waals surface area contributed by atoms with Crippen molar-refractivity contribution in [1.82, 2.24) is 30.9 Å². The minimum Gasteiger partial charge on any atom is -0.481 e. The molecule has 0 saturated carbocycles. The lowest BCUT2D eigenvalue weighted by atomic mass is 10.0. The van der Waals surface area contributed by atoms with E-state index in [9.17, 15) is 39.3 Å². The maximum Gasteiger partial charge on any atom is 0.326 e. The molecule has 0 aliphatic carbocycles. The number of aliphatic hydroxyl groups excluding tert-OH is 1. The van der Waals surface area contributed by atoms with Crippen molar-refractivity contribution in [2.75, 3.05) is 6.61 Å². The van der Waals surface area contributed by atoms with Crippen LogP contribution >= 0.6 is 0 Å². The second kappa shape index (κ2) is 13.2. The van der Waals surface area contributed by atoms with Crippen molar-refractivity contribution in [3.63, 3.8) is 0 Å². The summed E-state index contributed by atoms with van der Waals surface area (Å²) < 4.78 is 0. The van der Waals surface area contributed by atoms with Gasteiger partial charge in [0.1, 0.15) is 18.1 Å². The van der Waals surface area contributed by atoms with Gasteiger partial charge < -0.3 is 47.0 Å². The number of benzene rings is 1. The number of amides is 3. The number of carbonyl (C=O) groups excluding carboxylic acids is 3. The van der Waals surface area contributed by atoms with Crippen LogP contribution in [0.2, 0.25) is 0 Å². The summed E-state index contributed by atoms with van der Waals surface area (Å²) in [6.45, 7) is -0.879. The third kappa shape index (κ3) is 7.86. The quantitative estimate of drug-likeness (QED) is 0.108. The van der Waals surface area contributed by atoms with Crippen molar-refractivity contribution in [1.29, 1.82) is 0 Å². The number of aliphatic carboxylic acids is 2. The van der Waals surface area contributed by atoms with E-state index >= 15 is 0 Å². The van der Waals surface area contributed by atoms with E-state index in [1.165, 1.54) is 12.5 Å². The largest absolute Gasteiger partial charge is 0.481 e. The molecule has 3 amide bonds. The van der Waals surface area contributed by atoms with Crippen LogP contribution in [0.25, 0.3) is 10.9 Å². The minimum atomic E-state index is -1.70. The van der Waals surface area contributed by atoms with Crippen LogP contribution in [0.3, 0.4) is 0 Å². The van der Waals surface area contributed by atoms with Gasteiger partial charge in [0.2, 0.25) is 17.7 Å². The standard InChI is InChI=1S/C24H29N7O8/c25-15(5-12-8-27-16-4-2-1-3-14(12)16)21(35)31-19(10-32)23(37)29-17(7-20(33)34)22(36)30-18(24(38)39)6-13-9-26-11-28-13/h1-4,8-9,11,15,17-19,27,32H,5-7,10,25H2,(H,26,28)(H,29,37)(H,30,36)(H,31,35)(H,33,34)(H,38,39). The van der Waals surface area contributed by atoms with E-state index in [4.69, 9.17) is 5.73 Å². The van der Waals surface area contributed by atoms with E-state index < -0.39 is 66.9 Å². The predicted molar refractivity (Wildman–Crippen MR) is 135 cm³/mol. The summed E-state index contributed by atoms with van der Waals surface area (Å²) in [4.78, 5) is 70.6. The van der Waals surface area contributed by atoms with Crippen LogP contribution in [0.1, 0.15) is 17.7 Å². The number of nitrogens with two attached hydrogens (primary N) is 1. The van der Waals surface area contributed by atoms with E-state index in [-0.39, 0.29) is 12.8 Å². The Balaban J connectivity index is 1.63. The molecule has 0 aliphatic heterocycles. The number of imidazole rings is 1. The number of aliphatic hydroxyl groups is 1. The highest BCUT2D eigenvalue weighted by Crippen LogP contribution is 2.18. The van der Waals surface area contributed by atoms with Crippen molar-refractivity contribution in [3.8, 4) is 0 Å². The molecule has 208 valence electrons. The number of rotatable bonds is 14. The molecule has 15 heteroatoms. The Labute approximate surface area is 221 Å². The zero-order valence-electron chi connectivity index (χ0n) is 20.6. The molecule has 3 aromatic rings. The number of H-pyrrole nitrogens is 2. The average Bonchev–Trinajstić information content (AvgIpc) is 3.56. The predicted octanol–water partition coefficient (Wildman–Crippen LogP) is -1.99. The second-order valence-electron chi connectivity index (χ2n) is 8.75. The van der Waals surface area contributed by atoms with Crippen LogP contribution in [-0.4, -0.2) is 90.7 Å². The number of nitrogens with zero attached hydrogens (tertiary/aromatic N) is 1. The zero-order valence-corrected chi connectivity index (χ0v) is 20.6. The van der Waals surface area contributed by atoms with Crippen molar-refractivity contribution >= 4 is 40.6 Å². The molecule has 10 N–H and O–H groups in total. The minimum absolute atomic E-state index is 0.118. The third-order valence-corrected chi connectivity index (χ3v) is 5.87. The molecule has 0 bridgehead atoms. The van der Waals surface area contributed by atoms with E-state index in [0.29, 0.717) is 5.69 Å². The van der Waals surface area contributed by atoms with E-state index in [1.54, 1.807) is 6.20 Å². The van der Waals surface area contributed by atoms with Gasteiger partial charge in [0.25, 0.3) is 0 Å². The van der Waals surface area contributed by atoms with Gasteiger partial charge in [-0.05, 0) is 18.1 Å². The summed E-state index contributed by atoms with van der Waals surface area (Å²) in [7, 11) is 0. The number of carboxylic acid groups (broad SMARTS) is 2. The lowest BCUT2D eigenvalue weighted by Crippen LogP contribution is -2.58. The molecule has 0 fully saturated rings. The maximum atomic E-state index is 12.8. The fourth-order valence-electron chi connectivity index (χ4n) is 3.85.